The van der Waals surface area contributed by atoms with Gasteiger partial charge in [0.15, 0.2) is 0 Å². The number of nitrogens with zero attached hydrogens (tertiary/aromatic N) is 5. The minimum atomic E-state index is -3.19. The van der Waals surface area contributed by atoms with Crippen molar-refractivity contribution in [3.8, 4) is 10.6 Å². The van der Waals surface area contributed by atoms with Crippen molar-refractivity contribution in [2.45, 2.75) is 19.9 Å². The van der Waals surface area contributed by atoms with Gasteiger partial charge in [0.1, 0.15) is 10.8 Å². The molecule has 0 aliphatic carbocycles. The summed E-state index contributed by atoms with van der Waals surface area (Å²) in [4.78, 5) is 19.6. The summed E-state index contributed by atoms with van der Waals surface area (Å²) >= 11 is 1.23. The first-order valence-corrected chi connectivity index (χ1v) is 12.1. The van der Waals surface area contributed by atoms with Crippen LogP contribution in [0.15, 0.2) is 35.1 Å². The first-order valence-electron chi connectivity index (χ1n) is 9.71. The third-order valence-electron chi connectivity index (χ3n) is 4.94. The fourth-order valence-electron chi connectivity index (χ4n) is 3.46. The SMILES string of the molecule is CCCS(=O)(=O)N1CCN(Cc2cc(=O)n3nc(-c4cccc(F)c4)sc3n2)CC1. The number of halogens is 1. The van der Waals surface area contributed by atoms with Crippen molar-refractivity contribution in [3.05, 3.63) is 52.2 Å². The molecule has 11 heteroatoms. The molecule has 8 nitrogen and oxygen atoms in total. The van der Waals surface area contributed by atoms with Gasteiger partial charge in [-0.2, -0.15) is 13.9 Å². The van der Waals surface area contributed by atoms with Crippen LogP contribution in [0.1, 0.15) is 19.0 Å². The molecule has 1 aromatic carbocycles. The molecule has 30 heavy (non-hydrogen) atoms. The number of sulfonamides is 1. The quantitative estimate of drug-likeness (QED) is 0.568. The summed E-state index contributed by atoms with van der Waals surface area (Å²) in [5, 5.41) is 4.79. The third-order valence-corrected chi connectivity index (χ3v) is 7.98. The summed E-state index contributed by atoms with van der Waals surface area (Å²) in [6, 6.07) is 7.50. The van der Waals surface area contributed by atoms with Crippen molar-refractivity contribution >= 4 is 26.3 Å². The monoisotopic (exact) mass is 451 g/mol. The Morgan fingerprint density at radius 3 is 2.63 bits per heavy atom. The lowest BCUT2D eigenvalue weighted by molar-refractivity contribution is 0.180. The van der Waals surface area contributed by atoms with E-state index in [1.54, 1.807) is 12.1 Å². The van der Waals surface area contributed by atoms with Crippen LogP contribution in [0.25, 0.3) is 15.5 Å². The van der Waals surface area contributed by atoms with Crippen LogP contribution in [0.2, 0.25) is 0 Å². The largest absolute Gasteiger partial charge is 0.295 e. The van der Waals surface area contributed by atoms with Gasteiger partial charge in [0.2, 0.25) is 15.0 Å². The molecule has 2 aromatic heterocycles. The van der Waals surface area contributed by atoms with Gasteiger partial charge in [-0.15, -0.1) is 0 Å². The molecule has 0 spiro atoms. The number of rotatable bonds is 6. The Hall–Kier alpha value is -2.21. The molecule has 0 saturated carbocycles. The Bertz CT molecular complexity index is 1220. The second-order valence-corrected chi connectivity index (χ2v) is 10.2. The molecule has 3 heterocycles. The van der Waals surface area contributed by atoms with Gasteiger partial charge in [0.25, 0.3) is 5.56 Å². The molecule has 3 aromatic rings. The molecule has 0 radical (unpaired) electrons. The van der Waals surface area contributed by atoms with Gasteiger partial charge >= 0.3 is 0 Å². The number of piperazine rings is 1. The molecule has 0 bridgehead atoms. The van der Waals surface area contributed by atoms with Crippen molar-refractivity contribution in [3.63, 3.8) is 0 Å². The van der Waals surface area contributed by atoms with Crippen molar-refractivity contribution in [2.75, 3.05) is 31.9 Å². The number of fused-ring (bicyclic) bond motifs is 1. The summed E-state index contributed by atoms with van der Waals surface area (Å²) < 4.78 is 40.7. The fraction of sp³-hybridized carbons (Fsp3) is 0.421. The van der Waals surface area contributed by atoms with Crippen LogP contribution in [-0.4, -0.2) is 64.2 Å². The van der Waals surface area contributed by atoms with Crippen LogP contribution in [0.3, 0.4) is 0 Å². The van der Waals surface area contributed by atoms with Gasteiger partial charge in [0.05, 0.1) is 11.4 Å². The van der Waals surface area contributed by atoms with Crippen LogP contribution in [0.4, 0.5) is 4.39 Å². The van der Waals surface area contributed by atoms with Crippen LogP contribution >= 0.6 is 11.3 Å². The highest BCUT2D eigenvalue weighted by Crippen LogP contribution is 2.25. The van der Waals surface area contributed by atoms with E-state index >= 15 is 0 Å². The zero-order chi connectivity index (χ0) is 21.3. The highest BCUT2D eigenvalue weighted by atomic mass is 32.2. The second-order valence-electron chi connectivity index (χ2n) is 7.19. The normalized spacial score (nSPS) is 16.3. The van der Waals surface area contributed by atoms with Crippen molar-refractivity contribution in [1.82, 2.24) is 23.8 Å². The Morgan fingerprint density at radius 1 is 1.17 bits per heavy atom. The second kappa shape index (κ2) is 8.50. The van der Waals surface area contributed by atoms with Gasteiger partial charge in [-0.25, -0.2) is 17.8 Å². The molecule has 1 aliphatic heterocycles. The summed E-state index contributed by atoms with van der Waals surface area (Å²) in [5.41, 5.74) is 0.910. The molecular weight excluding hydrogens is 429 g/mol. The summed E-state index contributed by atoms with van der Waals surface area (Å²) in [5.74, 6) is -0.200. The van der Waals surface area contributed by atoms with E-state index < -0.39 is 10.0 Å². The van der Waals surface area contributed by atoms with Crippen LogP contribution in [0.5, 0.6) is 0 Å². The van der Waals surface area contributed by atoms with Crippen molar-refractivity contribution in [2.24, 2.45) is 0 Å². The van der Waals surface area contributed by atoms with Crippen LogP contribution < -0.4 is 5.56 Å². The maximum absolute atomic E-state index is 13.5. The fourth-order valence-corrected chi connectivity index (χ4v) is 5.87. The van der Waals surface area contributed by atoms with Gasteiger partial charge < -0.3 is 0 Å². The molecular formula is C19H22FN5O3S2. The first kappa shape index (κ1) is 21.0. The lowest BCUT2D eigenvalue weighted by Crippen LogP contribution is -2.48. The molecule has 1 saturated heterocycles. The average molecular weight is 452 g/mol. The molecule has 1 fully saturated rings. The number of aromatic nitrogens is 3. The van der Waals surface area contributed by atoms with Gasteiger partial charge in [-0.3, -0.25) is 9.69 Å². The predicted molar refractivity (Wildman–Crippen MR) is 113 cm³/mol. The highest BCUT2D eigenvalue weighted by molar-refractivity contribution is 7.89. The lowest BCUT2D eigenvalue weighted by Gasteiger charge is -2.33. The molecule has 160 valence electrons. The Kier molecular flexibility index (Phi) is 5.96. The van der Waals surface area contributed by atoms with E-state index in [-0.39, 0.29) is 17.1 Å². The highest BCUT2D eigenvalue weighted by Gasteiger charge is 2.26. The van der Waals surface area contributed by atoms with E-state index in [0.717, 1.165) is 0 Å². The third kappa shape index (κ3) is 4.43. The lowest BCUT2D eigenvalue weighted by atomic mass is 10.2. The average Bonchev–Trinajstić information content (AvgIpc) is 3.13. The maximum Gasteiger partial charge on any atom is 0.275 e. The molecule has 0 N–H and O–H groups in total. The van der Waals surface area contributed by atoms with Gasteiger partial charge in [-0.1, -0.05) is 30.4 Å². The standard InChI is InChI=1S/C19H22FN5O3S2/c1-2-10-30(27,28)24-8-6-23(7-9-24)13-16-12-17(26)25-19(21-16)29-18(22-25)14-4-3-5-15(20)11-14/h3-5,11-12H,2,6-10,13H2,1H3. The van der Waals surface area contributed by atoms with E-state index in [1.165, 1.54) is 38.4 Å². The van der Waals surface area contributed by atoms with Crippen LogP contribution in [-0.2, 0) is 16.6 Å². The molecule has 0 unspecified atom stereocenters. The van der Waals surface area contributed by atoms with E-state index in [0.29, 0.717) is 60.4 Å². The van der Waals surface area contributed by atoms with E-state index in [1.807, 2.05) is 6.92 Å². The summed E-state index contributed by atoms with van der Waals surface area (Å²) in [6.07, 6.45) is 0.600. The zero-order valence-corrected chi connectivity index (χ0v) is 18.1. The first-order chi connectivity index (χ1) is 14.4. The van der Waals surface area contributed by atoms with Crippen molar-refractivity contribution in [1.29, 1.82) is 0 Å². The number of benzene rings is 1. The minimum Gasteiger partial charge on any atom is -0.295 e. The van der Waals surface area contributed by atoms with Gasteiger partial charge in [0, 0.05) is 44.4 Å². The van der Waals surface area contributed by atoms with Crippen molar-refractivity contribution < 1.29 is 12.8 Å². The Morgan fingerprint density at radius 2 is 1.93 bits per heavy atom. The Labute approximate surface area is 177 Å². The van der Waals surface area contributed by atoms with E-state index in [9.17, 15) is 17.6 Å². The molecule has 1 aliphatic rings. The van der Waals surface area contributed by atoms with E-state index in [4.69, 9.17) is 0 Å². The molecule has 4 rings (SSSR count). The molecule has 0 atom stereocenters. The zero-order valence-electron chi connectivity index (χ0n) is 16.5. The smallest absolute Gasteiger partial charge is 0.275 e. The van der Waals surface area contributed by atoms with E-state index in [2.05, 4.69) is 15.0 Å². The summed E-state index contributed by atoms with van der Waals surface area (Å²) in [7, 11) is -3.19. The van der Waals surface area contributed by atoms with Crippen LogP contribution in [0, 0.1) is 5.82 Å². The summed E-state index contributed by atoms with van der Waals surface area (Å²) in [6.45, 7) is 4.36. The predicted octanol–water partition coefficient (Wildman–Crippen LogP) is 1.81. The molecule has 0 amide bonds. The number of hydrogen-bond donors (Lipinski definition) is 0. The van der Waals surface area contributed by atoms with Gasteiger partial charge in [-0.05, 0) is 18.6 Å². The Balaban J connectivity index is 1.50. The minimum absolute atomic E-state index is 0.168. The topological polar surface area (TPSA) is 87.9 Å². The maximum atomic E-state index is 13.5. The number of hydrogen-bond acceptors (Lipinski definition) is 7.